The molecule has 4 aromatic rings. The van der Waals surface area contributed by atoms with Crippen molar-refractivity contribution in [3.63, 3.8) is 0 Å². The molecule has 0 fully saturated rings. The number of methoxy groups -OCH3 is 4. The Morgan fingerprint density at radius 2 is 1.49 bits per heavy atom. The molecule has 2 atom stereocenters. The van der Waals surface area contributed by atoms with Crippen molar-refractivity contribution in [1.29, 1.82) is 0 Å². The average Bonchev–Trinajstić information content (AvgIpc) is 3.54. The number of rotatable bonds is 13. The van der Waals surface area contributed by atoms with E-state index >= 15 is 4.39 Å². The Morgan fingerprint density at radius 1 is 0.907 bits per heavy atom. The van der Waals surface area contributed by atoms with Crippen LogP contribution in [0.25, 0.3) is 0 Å². The Hall–Kier alpha value is -4.29. The summed E-state index contributed by atoms with van der Waals surface area (Å²) in [5.41, 5.74) is -0.700. The average molecular weight is 613 g/mol. The first-order chi connectivity index (χ1) is 20.6. The van der Waals surface area contributed by atoms with Crippen LogP contribution in [0.4, 0.5) is 8.78 Å². The highest BCUT2D eigenvalue weighted by atomic mass is 32.1. The molecule has 0 aliphatic rings. The Bertz CT molecular complexity index is 1500. The predicted molar refractivity (Wildman–Crippen MR) is 160 cm³/mol. The normalized spacial score (nSPS) is 13.1. The van der Waals surface area contributed by atoms with Crippen molar-refractivity contribution >= 4 is 17.2 Å². The number of aromatic nitrogens is 3. The molecule has 43 heavy (non-hydrogen) atoms. The monoisotopic (exact) mass is 612 g/mol. The van der Waals surface area contributed by atoms with Gasteiger partial charge in [0.15, 0.2) is 0 Å². The molecule has 1 aromatic heterocycles. The third kappa shape index (κ3) is 7.03. The van der Waals surface area contributed by atoms with Crippen LogP contribution in [0.5, 0.6) is 23.0 Å². The fraction of sp³-hybridized carbons (Fsp3) is 0.323. The highest BCUT2D eigenvalue weighted by Crippen LogP contribution is 2.37. The van der Waals surface area contributed by atoms with E-state index in [0.29, 0.717) is 23.0 Å². The van der Waals surface area contributed by atoms with Crippen LogP contribution in [0.15, 0.2) is 67.3 Å². The van der Waals surface area contributed by atoms with Gasteiger partial charge in [0.25, 0.3) is 0 Å². The van der Waals surface area contributed by atoms with Crippen LogP contribution in [0.1, 0.15) is 23.6 Å². The van der Waals surface area contributed by atoms with Gasteiger partial charge in [0.1, 0.15) is 52.9 Å². The second-order valence-corrected chi connectivity index (χ2v) is 10.3. The van der Waals surface area contributed by atoms with Gasteiger partial charge in [0.2, 0.25) is 0 Å². The number of halogens is 2. The number of ether oxygens (including phenoxy) is 4. The summed E-state index contributed by atoms with van der Waals surface area (Å²) in [4.78, 5) is 6.08. The number of thiocarbonyl (C=S) groups is 1. The fourth-order valence-electron chi connectivity index (χ4n) is 4.91. The van der Waals surface area contributed by atoms with Gasteiger partial charge in [-0.3, -0.25) is 0 Å². The summed E-state index contributed by atoms with van der Waals surface area (Å²) in [6.45, 7) is 1.93. The fourth-order valence-corrected chi connectivity index (χ4v) is 5.24. The predicted octanol–water partition coefficient (Wildman–Crippen LogP) is 5.14. The smallest absolute Gasteiger partial charge is 0.137 e. The standard InChI is InChI=1S/C31H34F2N4O5S/c1-20(31(38,17-37-19-34-18-35-37)26-12-23(32)8-11-27(26)33)30(43)36(15-21-6-9-24(39-2)13-28(21)41-4)16-22-7-10-25(40-3)14-29(22)42-5/h6-14,18-20,38H,15-17H2,1-5H3. The molecule has 0 saturated heterocycles. The molecular weight excluding hydrogens is 578 g/mol. The van der Waals surface area contributed by atoms with Crippen molar-refractivity contribution in [3.8, 4) is 23.0 Å². The van der Waals surface area contributed by atoms with Gasteiger partial charge in [-0.15, -0.1) is 0 Å². The van der Waals surface area contributed by atoms with Crippen molar-refractivity contribution in [2.75, 3.05) is 28.4 Å². The van der Waals surface area contributed by atoms with Gasteiger partial charge in [0, 0.05) is 47.8 Å². The molecule has 1 heterocycles. The molecule has 0 aliphatic heterocycles. The van der Waals surface area contributed by atoms with E-state index in [1.54, 1.807) is 59.6 Å². The van der Waals surface area contributed by atoms with Crippen LogP contribution in [-0.4, -0.2) is 58.2 Å². The lowest BCUT2D eigenvalue weighted by molar-refractivity contribution is -0.0187. The topological polar surface area (TPSA) is 91.1 Å². The minimum absolute atomic E-state index is 0.236. The summed E-state index contributed by atoms with van der Waals surface area (Å²) in [7, 11) is 6.24. The van der Waals surface area contributed by atoms with Crippen molar-refractivity contribution in [3.05, 3.63) is 95.6 Å². The van der Waals surface area contributed by atoms with E-state index in [2.05, 4.69) is 10.1 Å². The Balaban J connectivity index is 1.80. The molecule has 0 saturated carbocycles. The van der Waals surface area contributed by atoms with Gasteiger partial charge in [0.05, 0.1) is 40.0 Å². The van der Waals surface area contributed by atoms with Crippen LogP contribution in [0.2, 0.25) is 0 Å². The molecule has 4 rings (SSSR count). The molecule has 9 nitrogen and oxygen atoms in total. The summed E-state index contributed by atoms with van der Waals surface area (Å²) >= 11 is 6.05. The number of hydrogen-bond donors (Lipinski definition) is 1. The molecule has 3 aromatic carbocycles. The van der Waals surface area contributed by atoms with E-state index in [1.165, 1.54) is 17.3 Å². The van der Waals surface area contributed by atoms with Gasteiger partial charge < -0.3 is 29.0 Å². The Kier molecular flexibility index (Phi) is 10.1. The van der Waals surface area contributed by atoms with Crippen molar-refractivity contribution < 1.29 is 32.8 Å². The number of aliphatic hydroxyl groups is 1. The van der Waals surface area contributed by atoms with Crippen molar-refractivity contribution in [1.82, 2.24) is 19.7 Å². The van der Waals surface area contributed by atoms with E-state index in [9.17, 15) is 9.50 Å². The lowest BCUT2D eigenvalue weighted by Crippen LogP contribution is -2.47. The minimum Gasteiger partial charge on any atom is -0.497 e. The molecule has 1 N–H and O–H groups in total. The highest BCUT2D eigenvalue weighted by Gasteiger charge is 2.43. The van der Waals surface area contributed by atoms with Crippen LogP contribution in [0.3, 0.4) is 0 Å². The maximum absolute atomic E-state index is 15.3. The Morgan fingerprint density at radius 3 is 1.98 bits per heavy atom. The second kappa shape index (κ2) is 13.8. The Labute approximate surface area is 254 Å². The minimum atomic E-state index is -2.01. The highest BCUT2D eigenvalue weighted by molar-refractivity contribution is 7.80. The zero-order valence-corrected chi connectivity index (χ0v) is 25.4. The van der Waals surface area contributed by atoms with Crippen LogP contribution in [-0.2, 0) is 25.2 Å². The summed E-state index contributed by atoms with van der Waals surface area (Å²) < 4.78 is 53.0. The maximum Gasteiger partial charge on any atom is 0.137 e. The number of hydrogen-bond acceptors (Lipinski definition) is 8. The largest absolute Gasteiger partial charge is 0.497 e. The van der Waals surface area contributed by atoms with Crippen molar-refractivity contribution in [2.45, 2.75) is 32.2 Å². The molecule has 0 radical (unpaired) electrons. The van der Waals surface area contributed by atoms with Crippen molar-refractivity contribution in [2.24, 2.45) is 5.92 Å². The summed E-state index contributed by atoms with van der Waals surface area (Å²) in [6, 6.07) is 13.8. The molecule has 228 valence electrons. The first-order valence-electron chi connectivity index (χ1n) is 13.3. The molecule has 0 bridgehead atoms. The van der Waals surface area contributed by atoms with Gasteiger partial charge in [-0.2, -0.15) is 5.10 Å². The zero-order valence-electron chi connectivity index (χ0n) is 24.6. The SMILES string of the molecule is COc1ccc(CN(Cc2ccc(OC)cc2OC)C(=S)C(C)C(O)(Cn2cncn2)c2cc(F)ccc2F)c(OC)c1. The first kappa shape index (κ1) is 31.6. The van der Waals surface area contributed by atoms with Gasteiger partial charge in [-0.25, -0.2) is 18.4 Å². The van der Waals surface area contributed by atoms with Gasteiger partial charge >= 0.3 is 0 Å². The van der Waals surface area contributed by atoms with E-state index < -0.39 is 23.2 Å². The molecule has 0 spiro atoms. The van der Waals surface area contributed by atoms with E-state index in [1.807, 2.05) is 17.0 Å². The van der Waals surface area contributed by atoms with E-state index in [0.717, 1.165) is 29.3 Å². The molecular formula is C31H34F2N4O5S. The molecule has 0 aliphatic carbocycles. The number of benzene rings is 3. The second-order valence-electron chi connectivity index (χ2n) is 9.91. The van der Waals surface area contributed by atoms with E-state index in [4.69, 9.17) is 31.2 Å². The lowest BCUT2D eigenvalue weighted by Gasteiger charge is -2.39. The van der Waals surface area contributed by atoms with Crippen LogP contribution >= 0.6 is 12.2 Å². The zero-order chi connectivity index (χ0) is 31.1. The van der Waals surface area contributed by atoms with E-state index in [-0.39, 0.29) is 30.2 Å². The number of nitrogens with zero attached hydrogens (tertiary/aromatic N) is 4. The molecule has 0 amide bonds. The summed E-state index contributed by atoms with van der Waals surface area (Å²) in [5, 5.41) is 16.3. The summed E-state index contributed by atoms with van der Waals surface area (Å²) in [5.74, 6) is -0.0387. The lowest BCUT2D eigenvalue weighted by atomic mass is 9.81. The quantitative estimate of drug-likeness (QED) is 0.206. The maximum atomic E-state index is 15.3. The molecule has 12 heteroatoms. The van der Waals surface area contributed by atoms with Crippen LogP contribution in [0, 0.1) is 17.6 Å². The first-order valence-corrected chi connectivity index (χ1v) is 13.7. The molecule has 2 unspecified atom stereocenters. The third-order valence-electron chi connectivity index (χ3n) is 7.37. The van der Waals surface area contributed by atoms with Gasteiger partial charge in [-0.05, 0) is 42.5 Å². The van der Waals surface area contributed by atoms with Crippen LogP contribution < -0.4 is 18.9 Å². The third-order valence-corrected chi connectivity index (χ3v) is 7.99. The summed E-state index contributed by atoms with van der Waals surface area (Å²) in [6.07, 6.45) is 2.68. The van der Waals surface area contributed by atoms with Gasteiger partial charge in [-0.1, -0.05) is 19.1 Å².